The Balaban J connectivity index is 4.36. The van der Waals surface area contributed by atoms with Crippen molar-refractivity contribution >= 4 is 5.91 Å². The number of nitrogens with two attached hydrogens (primary N) is 1. The second-order valence-electron chi connectivity index (χ2n) is 7.19. The molecule has 2 atom stereocenters. The number of hydrogen-bond donors (Lipinski definition) is 2. The number of carbonyl (C=O) groups excluding carboxylic acids is 1. The van der Waals surface area contributed by atoms with Gasteiger partial charge in [-0.2, -0.15) is 0 Å². The van der Waals surface area contributed by atoms with Crippen LogP contribution in [0.5, 0.6) is 0 Å². The number of amides is 1. The summed E-state index contributed by atoms with van der Waals surface area (Å²) in [6.45, 7) is 15.4. The van der Waals surface area contributed by atoms with Crippen molar-refractivity contribution in [2.45, 2.75) is 60.9 Å². The first-order valence-electron chi connectivity index (χ1n) is 6.48. The van der Waals surface area contributed by atoms with Gasteiger partial charge in [0.05, 0.1) is 0 Å². The Labute approximate surface area is 107 Å². The molecule has 0 saturated carbocycles. The molecule has 0 radical (unpaired) electrons. The largest absolute Gasteiger partial charge is 0.352 e. The fourth-order valence-corrected chi connectivity index (χ4v) is 1.47. The first-order chi connectivity index (χ1) is 7.48. The Hall–Kier alpha value is -0.570. The van der Waals surface area contributed by atoms with E-state index in [1.807, 2.05) is 0 Å². The van der Waals surface area contributed by atoms with E-state index >= 15 is 0 Å². The quantitative estimate of drug-likeness (QED) is 0.796. The van der Waals surface area contributed by atoms with Crippen LogP contribution in [-0.4, -0.2) is 18.5 Å². The standard InChI is InChI=1S/C14H30N2O/c1-10(13(2,3)4)8-12(17)16-11(9-15)14(5,6)7/h10-11H,8-9,15H2,1-7H3,(H,16,17). The van der Waals surface area contributed by atoms with Crippen LogP contribution >= 0.6 is 0 Å². The molecule has 0 fully saturated rings. The minimum absolute atomic E-state index is 0.00931. The van der Waals surface area contributed by atoms with Crippen molar-refractivity contribution in [3.63, 3.8) is 0 Å². The summed E-state index contributed by atoms with van der Waals surface area (Å²) in [5.41, 5.74) is 5.88. The smallest absolute Gasteiger partial charge is 0.220 e. The topological polar surface area (TPSA) is 55.1 Å². The van der Waals surface area contributed by atoms with Crippen LogP contribution in [0.3, 0.4) is 0 Å². The molecule has 3 heteroatoms. The van der Waals surface area contributed by atoms with E-state index in [-0.39, 0.29) is 22.8 Å². The molecule has 0 heterocycles. The average Bonchev–Trinajstić information content (AvgIpc) is 2.10. The van der Waals surface area contributed by atoms with Crippen LogP contribution in [0.25, 0.3) is 0 Å². The molecule has 0 aromatic carbocycles. The summed E-state index contributed by atoms with van der Waals surface area (Å²) in [5, 5.41) is 3.05. The van der Waals surface area contributed by atoms with Gasteiger partial charge in [0.2, 0.25) is 5.91 Å². The van der Waals surface area contributed by atoms with Gasteiger partial charge in [0.1, 0.15) is 0 Å². The third-order valence-electron chi connectivity index (χ3n) is 3.59. The van der Waals surface area contributed by atoms with Crippen molar-refractivity contribution < 1.29 is 4.79 Å². The molecule has 0 aliphatic carbocycles. The molecule has 0 aromatic rings. The minimum atomic E-state index is 0.00931. The van der Waals surface area contributed by atoms with E-state index < -0.39 is 0 Å². The third kappa shape index (κ3) is 6.06. The molecule has 0 bridgehead atoms. The lowest BCUT2D eigenvalue weighted by Crippen LogP contribution is -2.49. The molecule has 0 aromatic heterocycles. The van der Waals surface area contributed by atoms with Crippen LogP contribution in [0.2, 0.25) is 0 Å². The molecule has 0 saturated heterocycles. The fourth-order valence-electron chi connectivity index (χ4n) is 1.47. The molecule has 17 heavy (non-hydrogen) atoms. The maximum atomic E-state index is 11.9. The van der Waals surface area contributed by atoms with E-state index in [1.54, 1.807) is 0 Å². The first-order valence-corrected chi connectivity index (χ1v) is 6.48. The summed E-state index contributed by atoms with van der Waals surface area (Å²) in [6.07, 6.45) is 0.566. The fraction of sp³-hybridized carbons (Fsp3) is 0.929. The molecule has 0 spiro atoms. The molecule has 0 aliphatic heterocycles. The summed E-state index contributed by atoms with van der Waals surface area (Å²) in [5.74, 6) is 0.471. The Morgan fingerprint density at radius 3 is 1.88 bits per heavy atom. The van der Waals surface area contributed by atoms with Crippen LogP contribution in [-0.2, 0) is 4.79 Å². The number of nitrogens with one attached hydrogen (secondary N) is 1. The summed E-state index contributed by atoms with van der Waals surface area (Å²) in [4.78, 5) is 11.9. The van der Waals surface area contributed by atoms with Gasteiger partial charge in [-0.3, -0.25) is 4.79 Å². The Morgan fingerprint density at radius 2 is 1.59 bits per heavy atom. The highest BCUT2D eigenvalue weighted by Crippen LogP contribution is 2.28. The van der Waals surface area contributed by atoms with Gasteiger partial charge in [-0.05, 0) is 16.7 Å². The van der Waals surface area contributed by atoms with Crippen molar-refractivity contribution in [2.75, 3.05) is 6.54 Å². The van der Waals surface area contributed by atoms with Crippen molar-refractivity contribution in [1.29, 1.82) is 0 Å². The number of hydrogen-bond acceptors (Lipinski definition) is 2. The van der Waals surface area contributed by atoms with Crippen LogP contribution in [0, 0.1) is 16.7 Å². The normalized spacial score (nSPS) is 16.5. The van der Waals surface area contributed by atoms with E-state index in [9.17, 15) is 4.79 Å². The lowest BCUT2D eigenvalue weighted by Gasteiger charge is -2.32. The molecule has 1 amide bonds. The number of carbonyl (C=O) groups is 1. The first kappa shape index (κ1) is 16.4. The van der Waals surface area contributed by atoms with Gasteiger partial charge in [-0.15, -0.1) is 0 Å². The summed E-state index contributed by atoms with van der Waals surface area (Å²) in [6, 6.07) is 0.0437. The Bertz CT molecular complexity index is 248. The maximum absolute atomic E-state index is 11.9. The molecule has 102 valence electrons. The zero-order valence-corrected chi connectivity index (χ0v) is 12.6. The van der Waals surface area contributed by atoms with Gasteiger partial charge >= 0.3 is 0 Å². The molecular formula is C14H30N2O. The van der Waals surface area contributed by atoms with Crippen molar-refractivity contribution in [2.24, 2.45) is 22.5 Å². The van der Waals surface area contributed by atoms with Gasteiger partial charge in [-0.25, -0.2) is 0 Å². The lowest BCUT2D eigenvalue weighted by molar-refractivity contribution is -0.124. The monoisotopic (exact) mass is 242 g/mol. The lowest BCUT2D eigenvalue weighted by atomic mass is 9.79. The predicted octanol–water partition coefficient (Wildman–Crippen LogP) is 2.55. The Morgan fingerprint density at radius 1 is 1.12 bits per heavy atom. The van der Waals surface area contributed by atoms with Crippen molar-refractivity contribution in [3.8, 4) is 0 Å². The van der Waals surface area contributed by atoms with Crippen LogP contribution < -0.4 is 11.1 Å². The van der Waals surface area contributed by atoms with Gasteiger partial charge in [0.15, 0.2) is 0 Å². The van der Waals surface area contributed by atoms with Crippen molar-refractivity contribution in [3.05, 3.63) is 0 Å². The highest BCUT2D eigenvalue weighted by atomic mass is 16.1. The third-order valence-corrected chi connectivity index (χ3v) is 3.59. The van der Waals surface area contributed by atoms with E-state index in [0.29, 0.717) is 18.9 Å². The van der Waals surface area contributed by atoms with E-state index in [0.717, 1.165) is 0 Å². The molecule has 3 nitrogen and oxygen atoms in total. The predicted molar refractivity (Wildman–Crippen MR) is 73.7 cm³/mol. The molecule has 3 N–H and O–H groups in total. The zero-order valence-electron chi connectivity index (χ0n) is 12.6. The van der Waals surface area contributed by atoms with Crippen LogP contribution in [0.15, 0.2) is 0 Å². The average molecular weight is 242 g/mol. The SMILES string of the molecule is CC(CC(=O)NC(CN)C(C)(C)C)C(C)(C)C. The second kappa shape index (κ2) is 5.85. The minimum Gasteiger partial charge on any atom is -0.352 e. The zero-order chi connectivity index (χ0) is 13.9. The molecule has 2 unspecified atom stereocenters. The Kier molecular flexibility index (Phi) is 5.66. The molecular weight excluding hydrogens is 212 g/mol. The van der Waals surface area contributed by atoms with Gasteiger partial charge in [0.25, 0.3) is 0 Å². The summed E-state index contributed by atoms with van der Waals surface area (Å²) in [7, 11) is 0. The summed E-state index contributed by atoms with van der Waals surface area (Å²) < 4.78 is 0. The van der Waals surface area contributed by atoms with Crippen molar-refractivity contribution in [1.82, 2.24) is 5.32 Å². The van der Waals surface area contributed by atoms with Crippen LogP contribution in [0.1, 0.15) is 54.9 Å². The van der Waals surface area contributed by atoms with Gasteiger partial charge in [-0.1, -0.05) is 48.5 Å². The highest BCUT2D eigenvalue weighted by molar-refractivity contribution is 5.76. The van der Waals surface area contributed by atoms with Gasteiger partial charge < -0.3 is 11.1 Å². The number of rotatable bonds is 4. The second-order valence-corrected chi connectivity index (χ2v) is 7.19. The summed E-state index contributed by atoms with van der Waals surface area (Å²) >= 11 is 0. The maximum Gasteiger partial charge on any atom is 0.220 e. The molecule has 0 aliphatic rings. The molecule has 0 rings (SSSR count). The van der Waals surface area contributed by atoms with E-state index in [2.05, 4.69) is 53.8 Å². The van der Waals surface area contributed by atoms with Gasteiger partial charge in [0, 0.05) is 19.0 Å². The highest BCUT2D eigenvalue weighted by Gasteiger charge is 2.27. The van der Waals surface area contributed by atoms with Crippen LogP contribution in [0.4, 0.5) is 0 Å². The van der Waals surface area contributed by atoms with E-state index in [1.165, 1.54) is 0 Å². The van der Waals surface area contributed by atoms with E-state index in [4.69, 9.17) is 5.73 Å².